The Bertz CT molecular complexity index is 481. The number of carbonyl (C=O) groups excluding carboxylic acids is 1. The van der Waals surface area contributed by atoms with Crippen molar-refractivity contribution in [2.75, 3.05) is 19.6 Å². The molecule has 3 nitrogen and oxygen atoms in total. The van der Waals surface area contributed by atoms with Gasteiger partial charge in [0.1, 0.15) is 0 Å². The van der Waals surface area contributed by atoms with Gasteiger partial charge in [0.25, 0.3) is 0 Å². The highest BCUT2D eigenvalue weighted by molar-refractivity contribution is 5.73. The molecule has 0 aliphatic carbocycles. The molecule has 1 heterocycles. The van der Waals surface area contributed by atoms with Crippen LogP contribution in [0.3, 0.4) is 0 Å². The molecule has 1 amide bonds. The topological polar surface area (TPSA) is 32.3 Å². The second kappa shape index (κ2) is 7.41. The molecule has 1 aliphatic heterocycles. The summed E-state index contributed by atoms with van der Waals surface area (Å²) in [6, 6.07) is 10.6. The van der Waals surface area contributed by atoms with E-state index in [1.807, 2.05) is 6.07 Å². The Kier molecular flexibility index (Phi) is 5.57. The Balaban J connectivity index is 1.90. The molecule has 21 heavy (non-hydrogen) atoms. The molecule has 0 radical (unpaired) electrons. The summed E-state index contributed by atoms with van der Waals surface area (Å²) < 4.78 is 0. The third kappa shape index (κ3) is 4.71. The average molecular weight is 286 g/mol. The van der Waals surface area contributed by atoms with Crippen LogP contribution in [0, 0.1) is 11.8 Å². The van der Waals surface area contributed by atoms with Gasteiger partial charge in [0.2, 0.25) is 5.91 Å². The number of nitrogens with zero attached hydrogens (tertiary/aromatic N) is 1. The second-order valence-electron chi connectivity index (χ2n) is 6.25. The highest BCUT2D eigenvalue weighted by Gasteiger charge is 2.34. The zero-order valence-electron chi connectivity index (χ0n) is 13.3. The molecule has 0 saturated carbocycles. The summed E-state index contributed by atoms with van der Waals surface area (Å²) in [6.45, 7) is 9.03. The Hall–Kier alpha value is -1.61. The fourth-order valence-corrected chi connectivity index (χ4v) is 3.05. The van der Waals surface area contributed by atoms with Gasteiger partial charge in [0, 0.05) is 32.6 Å². The first-order chi connectivity index (χ1) is 10.1. The lowest BCUT2D eigenvalue weighted by Gasteiger charge is -2.22. The third-order valence-corrected chi connectivity index (χ3v) is 4.16. The summed E-state index contributed by atoms with van der Waals surface area (Å²) in [5.74, 6) is 1.20. The van der Waals surface area contributed by atoms with Gasteiger partial charge in [-0.3, -0.25) is 9.69 Å². The van der Waals surface area contributed by atoms with E-state index < -0.39 is 0 Å². The monoisotopic (exact) mass is 286 g/mol. The van der Waals surface area contributed by atoms with Crippen LogP contribution >= 0.6 is 0 Å². The number of nitrogens with one attached hydrogen (secondary N) is 1. The third-order valence-electron chi connectivity index (χ3n) is 4.16. The maximum atomic E-state index is 11.3. The molecule has 1 saturated heterocycles. The van der Waals surface area contributed by atoms with Gasteiger partial charge in [-0.15, -0.1) is 0 Å². The van der Waals surface area contributed by atoms with Crippen molar-refractivity contribution in [1.82, 2.24) is 10.2 Å². The molecule has 1 aliphatic rings. The summed E-state index contributed by atoms with van der Waals surface area (Å²) in [7, 11) is 0. The van der Waals surface area contributed by atoms with E-state index in [0.29, 0.717) is 11.8 Å². The van der Waals surface area contributed by atoms with Gasteiger partial charge in [-0.2, -0.15) is 0 Å². The van der Waals surface area contributed by atoms with Crippen molar-refractivity contribution in [3.05, 3.63) is 42.0 Å². The molecular formula is C18H26N2O. The van der Waals surface area contributed by atoms with Gasteiger partial charge in [0.15, 0.2) is 0 Å². The Labute approximate surface area is 128 Å². The lowest BCUT2D eigenvalue weighted by atomic mass is 9.91. The molecule has 1 aromatic rings. The molecule has 114 valence electrons. The van der Waals surface area contributed by atoms with Gasteiger partial charge >= 0.3 is 0 Å². The molecule has 2 atom stereocenters. The Morgan fingerprint density at radius 3 is 2.67 bits per heavy atom. The molecule has 0 aromatic heterocycles. The number of hydrogen-bond donors (Lipinski definition) is 1. The van der Waals surface area contributed by atoms with Crippen molar-refractivity contribution in [3.8, 4) is 0 Å². The number of likely N-dealkylation sites (tertiary alicyclic amines) is 1. The standard InChI is InChI=1S/C18H26N2O/c1-14(2)17-12-20(13-18(17)19-15(3)21)11-7-10-16-8-5-4-6-9-16/h4-10,14,17-18H,11-13H2,1-3H3,(H,19,21)/b10-7+/t17-,18+/m0/s1. The molecule has 0 unspecified atom stereocenters. The smallest absolute Gasteiger partial charge is 0.217 e. The fraction of sp³-hybridized carbons (Fsp3) is 0.500. The van der Waals surface area contributed by atoms with Crippen LogP contribution < -0.4 is 5.32 Å². The van der Waals surface area contributed by atoms with Crippen molar-refractivity contribution in [1.29, 1.82) is 0 Å². The van der Waals surface area contributed by atoms with E-state index in [0.717, 1.165) is 19.6 Å². The summed E-state index contributed by atoms with van der Waals surface area (Å²) in [5, 5.41) is 3.11. The largest absolute Gasteiger partial charge is 0.352 e. The van der Waals surface area contributed by atoms with Gasteiger partial charge in [0.05, 0.1) is 0 Å². The minimum absolute atomic E-state index is 0.0762. The number of rotatable bonds is 5. The second-order valence-corrected chi connectivity index (χ2v) is 6.25. The normalized spacial score (nSPS) is 23.0. The van der Waals surface area contributed by atoms with E-state index in [1.54, 1.807) is 6.92 Å². The molecule has 1 aromatic carbocycles. The van der Waals surface area contributed by atoms with E-state index in [4.69, 9.17) is 0 Å². The fourth-order valence-electron chi connectivity index (χ4n) is 3.05. The highest BCUT2D eigenvalue weighted by atomic mass is 16.1. The Morgan fingerprint density at radius 1 is 1.33 bits per heavy atom. The number of benzene rings is 1. The zero-order valence-corrected chi connectivity index (χ0v) is 13.3. The van der Waals surface area contributed by atoms with Crippen LogP contribution in [0.2, 0.25) is 0 Å². The molecule has 3 heteroatoms. The molecule has 1 fully saturated rings. The molecule has 0 bridgehead atoms. The van der Waals surface area contributed by atoms with Crippen LogP contribution in [0.4, 0.5) is 0 Å². The summed E-state index contributed by atoms with van der Waals surface area (Å²) in [6.07, 6.45) is 4.37. The van der Waals surface area contributed by atoms with Crippen molar-refractivity contribution < 1.29 is 4.79 Å². The predicted octanol–water partition coefficient (Wildman–Crippen LogP) is 2.79. The average Bonchev–Trinajstić information content (AvgIpc) is 2.82. The number of carbonyl (C=O) groups is 1. The molecule has 0 spiro atoms. The number of hydrogen-bond acceptors (Lipinski definition) is 2. The van der Waals surface area contributed by atoms with Gasteiger partial charge < -0.3 is 5.32 Å². The van der Waals surface area contributed by atoms with Crippen molar-refractivity contribution in [2.24, 2.45) is 11.8 Å². The van der Waals surface area contributed by atoms with E-state index in [9.17, 15) is 4.79 Å². The first kappa shape index (κ1) is 15.8. The lowest BCUT2D eigenvalue weighted by Crippen LogP contribution is -2.40. The van der Waals surface area contributed by atoms with Crippen LogP contribution in [-0.4, -0.2) is 36.5 Å². The molecular weight excluding hydrogens is 260 g/mol. The maximum Gasteiger partial charge on any atom is 0.217 e. The van der Waals surface area contributed by atoms with Crippen LogP contribution in [0.5, 0.6) is 0 Å². The van der Waals surface area contributed by atoms with Gasteiger partial charge in [-0.25, -0.2) is 0 Å². The summed E-state index contributed by atoms with van der Waals surface area (Å²) >= 11 is 0. The summed E-state index contributed by atoms with van der Waals surface area (Å²) in [5.41, 5.74) is 1.23. The van der Waals surface area contributed by atoms with E-state index in [1.165, 1.54) is 5.56 Å². The lowest BCUT2D eigenvalue weighted by molar-refractivity contribution is -0.119. The van der Waals surface area contributed by atoms with Crippen LogP contribution in [0.15, 0.2) is 36.4 Å². The minimum atomic E-state index is 0.0762. The van der Waals surface area contributed by atoms with E-state index in [2.05, 4.69) is 60.5 Å². The zero-order chi connectivity index (χ0) is 15.2. The van der Waals surface area contributed by atoms with Crippen molar-refractivity contribution in [2.45, 2.75) is 26.8 Å². The van der Waals surface area contributed by atoms with Crippen LogP contribution in [0.1, 0.15) is 26.3 Å². The van der Waals surface area contributed by atoms with E-state index in [-0.39, 0.29) is 11.9 Å². The number of amides is 1. The van der Waals surface area contributed by atoms with E-state index >= 15 is 0 Å². The highest BCUT2D eigenvalue weighted by Crippen LogP contribution is 2.24. The SMILES string of the molecule is CC(=O)N[C@@H]1CN(C/C=C/c2ccccc2)C[C@H]1C(C)C. The first-order valence-electron chi connectivity index (χ1n) is 7.77. The summed E-state index contributed by atoms with van der Waals surface area (Å²) in [4.78, 5) is 13.8. The van der Waals surface area contributed by atoms with Gasteiger partial charge in [-0.1, -0.05) is 56.3 Å². The quantitative estimate of drug-likeness (QED) is 0.902. The van der Waals surface area contributed by atoms with Crippen molar-refractivity contribution in [3.63, 3.8) is 0 Å². The van der Waals surface area contributed by atoms with Crippen LogP contribution in [-0.2, 0) is 4.79 Å². The van der Waals surface area contributed by atoms with Gasteiger partial charge in [-0.05, 0) is 17.4 Å². The molecule has 2 rings (SSSR count). The predicted molar refractivity (Wildman–Crippen MR) is 87.8 cm³/mol. The van der Waals surface area contributed by atoms with Crippen molar-refractivity contribution >= 4 is 12.0 Å². The first-order valence-corrected chi connectivity index (χ1v) is 7.77. The molecule has 1 N–H and O–H groups in total. The maximum absolute atomic E-state index is 11.3. The van der Waals surface area contributed by atoms with Crippen LogP contribution in [0.25, 0.3) is 6.08 Å². The Morgan fingerprint density at radius 2 is 2.05 bits per heavy atom. The minimum Gasteiger partial charge on any atom is -0.352 e.